The van der Waals surface area contributed by atoms with Gasteiger partial charge < -0.3 is 12.8 Å². The Hall–Kier alpha value is -5.56. The Morgan fingerprint density at radius 3 is 1.06 bits per heavy atom. The Kier molecular flexibility index (Phi) is 17.1. The molecule has 0 saturated carbocycles. The average Bonchev–Trinajstić information content (AvgIpc) is 3.33. The van der Waals surface area contributed by atoms with Crippen molar-refractivity contribution in [2.24, 2.45) is 0 Å². The van der Waals surface area contributed by atoms with Gasteiger partial charge in [-0.3, -0.25) is 11.8 Å². The molecule has 0 unspecified atom stereocenters. The third kappa shape index (κ3) is 10.7. The van der Waals surface area contributed by atoms with Gasteiger partial charge in [0.25, 0.3) is 0 Å². The third-order valence-electron chi connectivity index (χ3n) is 10.5. The summed E-state index contributed by atoms with van der Waals surface area (Å²) in [7, 11) is -2.28. The van der Waals surface area contributed by atoms with Gasteiger partial charge in [-0.2, -0.15) is 0 Å². The van der Waals surface area contributed by atoms with Gasteiger partial charge in [-0.25, -0.2) is 0 Å². The molecular formula is C58H42Ag2P2+2. The molecule has 0 amide bonds. The number of fused-ring (bicyclic) bond motifs is 4. The molecule has 62 heavy (non-hydrogen) atoms. The first-order chi connectivity index (χ1) is 29.7. The molecule has 0 aromatic heterocycles. The second-order valence-electron chi connectivity index (χ2n) is 14.2. The monoisotopic (exact) mass is 1010 g/mol. The van der Waals surface area contributed by atoms with Crippen LogP contribution in [-0.2, 0) is 44.8 Å². The zero-order valence-corrected chi connectivity index (χ0v) is 38.7. The Balaban J connectivity index is 0.000000177. The quantitative estimate of drug-likeness (QED) is 0.0512. The van der Waals surface area contributed by atoms with Gasteiger partial charge in [0.05, 0.1) is 0 Å². The minimum absolute atomic E-state index is 0. The Morgan fingerprint density at radius 1 is 0.274 bits per heavy atom. The Bertz CT molecular complexity index is 2880. The molecule has 304 valence electrons. The van der Waals surface area contributed by atoms with Crippen LogP contribution in [0.4, 0.5) is 0 Å². The summed E-state index contributed by atoms with van der Waals surface area (Å²) in [5.41, 5.74) is 1.71. The van der Waals surface area contributed by atoms with Gasteiger partial charge >= 0.3 is 44.8 Å². The number of hydrogen-bond donors (Lipinski definition) is 0. The van der Waals surface area contributed by atoms with Crippen molar-refractivity contribution in [2.75, 3.05) is 0 Å². The first kappa shape index (κ1) is 46.0. The minimum atomic E-state index is -1.14. The topological polar surface area (TPSA) is 0 Å². The van der Waals surface area contributed by atoms with Crippen molar-refractivity contribution >= 4 is 80.0 Å². The van der Waals surface area contributed by atoms with Gasteiger partial charge in [0, 0.05) is 0 Å². The van der Waals surface area contributed by atoms with Crippen LogP contribution < -0.4 is 31.8 Å². The predicted molar refractivity (Wildman–Crippen MR) is 265 cm³/mol. The summed E-state index contributed by atoms with van der Waals surface area (Å²) in [6.45, 7) is 0. The van der Waals surface area contributed by atoms with Crippen LogP contribution in [0.1, 0.15) is 11.1 Å². The van der Waals surface area contributed by atoms with Crippen LogP contribution >= 0.6 is 15.8 Å². The largest absolute Gasteiger partial charge is 1.00 e. The second-order valence-corrected chi connectivity index (χ2v) is 19.1. The maximum absolute atomic E-state index is 7.35. The molecule has 10 rings (SSSR count). The summed E-state index contributed by atoms with van der Waals surface area (Å²) in [5, 5.41) is 15.6. The molecule has 0 nitrogen and oxygen atoms in total. The summed E-state index contributed by atoms with van der Waals surface area (Å²) in [6.07, 6.45) is 14.4. The van der Waals surface area contributed by atoms with Gasteiger partial charge in [0.2, 0.25) is 0 Å². The van der Waals surface area contributed by atoms with E-state index in [1.54, 1.807) is 0 Å². The summed E-state index contributed by atoms with van der Waals surface area (Å²) in [6, 6.07) is 85.8. The minimum Gasteiger partial charge on any atom is -0.366 e. The van der Waals surface area contributed by atoms with Crippen LogP contribution in [0.2, 0.25) is 0 Å². The van der Waals surface area contributed by atoms with E-state index in [2.05, 4.69) is 176 Å². The van der Waals surface area contributed by atoms with Crippen molar-refractivity contribution in [3.63, 3.8) is 0 Å². The molecule has 0 bridgehead atoms. The fraction of sp³-hybridized carbons (Fsp3) is 0. The van der Waals surface area contributed by atoms with Crippen LogP contribution in [-0.4, -0.2) is 0 Å². The molecule has 0 saturated heterocycles. The third-order valence-corrected chi connectivity index (χ3v) is 16.4. The van der Waals surface area contributed by atoms with Gasteiger partial charge in [0.1, 0.15) is 47.7 Å². The van der Waals surface area contributed by atoms with Crippen LogP contribution in [0.25, 0.3) is 32.3 Å². The molecule has 0 aliphatic heterocycles. The van der Waals surface area contributed by atoms with Crippen molar-refractivity contribution < 1.29 is 44.8 Å². The van der Waals surface area contributed by atoms with E-state index in [0.29, 0.717) is 0 Å². The summed E-state index contributed by atoms with van der Waals surface area (Å²) in [4.78, 5) is 0. The summed E-state index contributed by atoms with van der Waals surface area (Å²) < 4.78 is 0. The molecule has 0 atom stereocenters. The first-order valence-electron chi connectivity index (χ1n) is 20.0. The van der Waals surface area contributed by atoms with E-state index in [1.165, 1.54) is 42.6 Å². The smallest absolute Gasteiger partial charge is 0.366 e. The van der Waals surface area contributed by atoms with Gasteiger partial charge in [-0.1, -0.05) is 181 Å². The van der Waals surface area contributed by atoms with Crippen LogP contribution in [0.15, 0.2) is 243 Å². The van der Waals surface area contributed by atoms with Crippen LogP contribution in [0.5, 0.6) is 0 Å². The van der Waals surface area contributed by atoms with Crippen molar-refractivity contribution in [3.8, 4) is 11.8 Å². The van der Waals surface area contributed by atoms with E-state index >= 15 is 0 Å². The molecule has 10 aromatic carbocycles. The van der Waals surface area contributed by atoms with Crippen molar-refractivity contribution in [2.45, 2.75) is 0 Å². The van der Waals surface area contributed by atoms with Crippen molar-refractivity contribution in [1.29, 1.82) is 0 Å². The van der Waals surface area contributed by atoms with E-state index < -0.39 is 15.8 Å². The average molecular weight is 1020 g/mol. The van der Waals surface area contributed by atoms with Gasteiger partial charge in [0.15, 0.2) is 0 Å². The number of rotatable bonds is 6. The summed E-state index contributed by atoms with van der Waals surface area (Å²) in [5.74, 6) is 4.93. The standard InChI is InChI=1S/C30H24P2.C16H9.C12H7.2Ag/c1-5-15-25(16-6-1)31(26-17-7-2-8-18-26)29-23-13-14-24-30(29)32(27-19-9-3-10-20-27)28-21-11-4-12-22-28;1-2-12-11-13-7-3-4-9-15(13)16-10-6-5-8-14(12)16;1-2-10-7-5-8-11-6-3-4-9-12(10)11;;/h1-24H;3-11H;3-9H;;/q;2*-1;2*+1/p+2. The van der Waals surface area contributed by atoms with E-state index in [4.69, 9.17) is 12.8 Å². The van der Waals surface area contributed by atoms with E-state index in [9.17, 15) is 0 Å². The molecule has 0 fully saturated rings. The molecule has 0 heterocycles. The van der Waals surface area contributed by atoms with E-state index in [0.717, 1.165) is 32.7 Å². The number of hydrogen-bond acceptors (Lipinski definition) is 0. The second kappa shape index (κ2) is 23.0. The van der Waals surface area contributed by atoms with Crippen molar-refractivity contribution in [1.82, 2.24) is 0 Å². The normalized spacial score (nSPS) is 10.3. The molecule has 0 aliphatic carbocycles. The molecule has 0 spiro atoms. The molecular weight excluding hydrogens is 974 g/mol. The zero-order valence-electron chi connectivity index (χ0n) is 33.7. The van der Waals surface area contributed by atoms with Crippen LogP contribution in [0.3, 0.4) is 0 Å². The molecule has 4 heteroatoms. The van der Waals surface area contributed by atoms with Crippen LogP contribution in [0, 0.1) is 24.7 Å². The predicted octanol–water partition coefficient (Wildman–Crippen LogP) is 11.4. The zero-order chi connectivity index (χ0) is 40.9. The fourth-order valence-electron chi connectivity index (χ4n) is 7.79. The Morgan fingerprint density at radius 2 is 0.613 bits per heavy atom. The molecule has 0 N–H and O–H groups in total. The maximum atomic E-state index is 7.35. The van der Waals surface area contributed by atoms with Gasteiger partial charge in [-0.15, -0.1) is 23.3 Å². The Labute approximate surface area is 400 Å². The SMILES string of the molecule is [Ag+].[Ag+].[C-]#Cc1cc2ccccc2c2ccccc12.[C-]#Cc1cccc2ccccc12.c1ccc([PH+](c2ccccc2)c2ccccc2[PH+](c2ccccc2)c2ccccc2)cc1. The molecule has 0 radical (unpaired) electrons. The molecule has 10 aromatic rings. The maximum Gasteiger partial charge on any atom is 1.00 e. The van der Waals surface area contributed by atoms with E-state index in [1.807, 2.05) is 78.9 Å². The van der Waals surface area contributed by atoms with Crippen molar-refractivity contribution in [3.05, 3.63) is 267 Å². The summed E-state index contributed by atoms with van der Waals surface area (Å²) >= 11 is 0. The fourth-order valence-corrected chi connectivity index (χ4v) is 13.8. The number of benzene rings is 10. The molecule has 0 aliphatic rings. The van der Waals surface area contributed by atoms with E-state index in [-0.39, 0.29) is 44.8 Å². The van der Waals surface area contributed by atoms with Gasteiger partial charge in [-0.05, 0) is 82.2 Å². The first-order valence-corrected chi connectivity index (χ1v) is 23.0.